The first kappa shape index (κ1) is 17.1. The lowest BCUT2D eigenvalue weighted by atomic mass is 10.2. The lowest BCUT2D eigenvalue weighted by molar-refractivity contribution is -0.117. The summed E-state index contributed by atoms with van der Waals surface area (Å²) in [5, 5.41) is 13.8. The summed E-state index contributed by atoms with van der Waals surface area (Å²) >= 11 is 0. The fraction of sp³-hybridized carbons (Fsp3) is 0.438. The van der Waals surface area contributed by atoms with Gasteiger partial charge in [0.1, 0.15) is 0 Å². The lowest BCUT2D eigenvalue weighted by Crippen LogP contribution is -2.41. The largest absolute Gasteiger partial charge is 0.421 e. The van der Waals surface area contributed by atoms with Crippen molar-refractivity contribution in [3.63, 3.8) is 0 Å². The Labute approximate surface area is 136 Å². The smallest absolute Gasteiger partial charge is 0.247 e. The number of carbonyl (C=O) groups excluding carboxylic acids is 1. The van der Waals surface area contributed by atoms with Gasteiger partial charge in [0.05, 0.1) is 6.04 Å². The van der Waals surface area contributed by atoms with E-state index < -0.39 is 0 Å². The second-order valence-corrected chi connectivity index (χ2v) is 5.67. The molecule has 0 fully saturated rings. The Morgan fingerprint density at radius 2 is 1.96 bits per heavy atom. The number of anilines is 1. The quantitative estimate of drug-likeness (QED) is 0.805. The number of aromatic nitrogens is 2. The molecule has 1 amide bonds. The number of aryl methyl sites for hydroxylation is 1. The summed E-state index contributed by atoms with van der Waals surface area (Å²) in [5.41, 5.74) is 1.55. The maximum Gasteiger partial charge on any atom is 0.247 e. The fourth-order valence-corrected chi connectivity index (χ4v) is 1.96. The Kier molecular flexibility index (Phi) is 5.84. The zero-order chi connectivity index (χ0) is 16.8. The van der Waals surface area contributed by atoms with Gasteiger partial charge in [-0.05, 0) is 45.3 Å². The minimum absolute atomic E-state index is 0.0647. The highest BCUT2D eigenvalue weighted by Gasteiger charge is 2.12. The van der Waals surface area contributed by atoms with Crippen molar-refractivity contribution in [1.29, 1.82) is 0 Å². The molecule has 1 aromatic heterocycles. The van der Waals surface area contributed by atoms with E-state index in [0.717, 1.165) is 24.3 Å². The molecule has 0 aliphatic heterocycles. The molecule has 0 bridgehead atoms. The molecule has 1 aromatic carbocycles. The van der Waals surface area contributed by atoms with Crippen LogP contribution in [0, 0.1) is 6.92 Å². The Morgan fingerprint density at radius 1 is 1.26 bits per heavy atom. The molecule has 0 spiro atoms. The Balaban J connectivity index is 1.88. The molecule has 2 rings (SSSR count). The maximum atomic E-state index is 12.1. The number of carbonyl (C=O) groups is 1. The number of hydrogen-bond donors (Lipinski definition) is 2. The zero-order valence-electron chi connectivity index (χ0n) is 14.0. The van der Waals surface area contributed by atoms with Gasteiger partial charge in [-0.25, -0.2) is 0 Å². The Bertz CT molecular complexity index is 636. The second-order valence-electron chi connectivity index (χ2n) is 5.67. The van der Waals surface area contributed by atoms with Crippen LogP contribution in [0.4, 0.5) is 5.69 Å². The third kappa shape index (κ3) is 5.15. The highest BCUT2D eigenvalue weighted by molar-refractivity contribution is 5.94. The van der Waals surface area contributed by atoms with Crippen LogP contribution in [0.1, 0.15) is 12.8 Å². The van der Waals surface area contributed by atoms with Gasteiger partial charge < -0.3 is 20.0 Å². The van der Waals surface area contributed by atoms with Crippen LogP contribution in [-0.2, 0) is 4.79 Å². The predicted octanol–water partition coefficient (Wildman–Crippen LogP) is 1.52. The van der Waals surface area contributed by atoms with Crippen LogP contribution >= 0.6 is 0 Å². The second kappa shape index (κ2) is 7.85. The van der Waals surface area contributed by atoms with E-state index in [4.69, 9.17) is 4.42 Å². The average molecular weight is 317 g/mol. The standard InChI is InChI=1S/C16H23N5O2/c1-11(17-9-10-21(3)4)15(22)18-14-7-5-13(6-8-14)16-20-19-12(2)23-16/h5-8,11,17H,9-10H2,1-4H3,(H,18,22). The number of benzene rings is 1. The molecule has 0 saturated carbocycles. The molecule has 23 heavy (non-hydrogen) atoms. The number of hydrogen-bond acceptors (Lipinski definition) is 6. The summed E-state index contributed by atoms with van der Waals surface area (Å²) < 4.78 is 5.37. The summed E-state index contributed by atoms with van der Waals surface area (Å²) in [6, 6.07) is 7.06. The minimum atomic E-state index is -0.256. The number of likely N-dealkylation sites (N-methyl/N-ethyl adjacent to an activating group) is 1. The summed E-state index contributed by atoms with van der Waals surface area (Å²) in [7, 11) is 4.00. The number of nitrogens with zero attached hydrogens (tertiary/aromatic N) is 3. The van der Waals surface area contributed by atoms with Crippen LogP contribution in [0.15, 0.2) is 28.7 Å². The van der Waals surface area contributed by atoms with Gasteiger partial charge in [-0.1, -0.05) is 0 Å². The molecule has 1 atom stereocenters. The summed E-state index contributed by atoms with van der Waals surface area (Å²) in [6.45, 7) is 5.24. The molecule has 2 N–H and O–H groups in total. The van der Waals surface area contributed by atoms with Gasteiger partial charge in [-0.3, -0.25) is 4.79 Å². The minimum Gasteiger partial charge on any atom is -0.421 e. The van der Waals surface area contributed by atoms with Crippen molar-refractivity contribution in [3.05, 3.63) is 30.2 Å². The maximum absolute atomic E-state index is 12.1. The first-order valence-electron chi connectivity index (χ1n) is 7.55. The van der Waals surface area contributed by atoms with E-state index in [1.54, 1.807) is 6.92 Å². The topological polar surface area (TPSA) is 83.3 Å². The molecular formula is C16H23N5O2. The average Bonchev–Trinajstić information content (AvgIpc) is 2.94. The lowest BCUT2D eigenvalue weighted by Gasteiger charge is -2.16. The Hall–Kier alpha value is -2.25. The summed E-state index contributed by atoms with van der Waals surface area (Å²) in [5.74, 6) is 0.930. The molecule has 124 valence electrons. The van der Waals surface area contributed by atoms with E-state index >= 15 is 0 Å². The van der Waals surface area contributed by atoms with Gasteiger partial charge in [-0.15, -0.1) is 10.2 Å². The summed E-state index contributed by atoms with van der Waals surface area (Å²) in [4.78, 5) is 14.2. The fourth-order valence-electron chi connectivity index (χ4n) is 1.96. The van der Waals surface area contributed by atoms with E-state index in [1.807, 2.05) is 45.3 Å². The van der Waals surface area contributed by atoms with Gasteiger partial charge in [0.15, 0.2) is 0 Å². The van der Waals surface area contributed by atoms with Crippen LogP contribution in [0.5, 0.6) is 0 Å². The van der Waals surface area contributed by atoms with Crippen molar-refractivity contribution in [3.8, 4) is 11.5 Å². The van der Waals surface area contributed by atoms with Crippen molar-refractivity contribution < 1.29 is 9.21 Å². The van der Waals surface area contributed by atoms with Crippen molar-refractivity contribution in [2.75, 3.05) is 32.5 Å². The number of nitrogens with one attached hydrogen (secondary N) is 2. The molecule has 1 heterocycles. The Morgan fingerprint density at radius 3 is 2.52 bits per heavy atom. The number of rotatable bonds is 7. The molecule has 2 aromatic rings. The first-order chi connectivity index (χ1) is 11.0. The molecule has 0 radical (unpaired) electrons. The van der Waals surface area contributed by atoms with Gasteiger partial charge >= 0.3 is 0 Å². The van der Waals surface area contributed by atoms with E-state index in [-0.39, 0.29) is 11.9 Å². The zero-order valence-corrected chi connectivity index (χ0v) is 14.0. The van der Waals surface area contributed by atoms with E-state index in [1.165, 1.54) is 0 Å². The normalized spacial score (nSPS) is 12.4. The predicted molar refractivity (Wildman–Crippen MR) is 89.1 cm³/mol. The van der Waals surface area contributed by atoms with Gasteiger partial charge in [0, 0.05) is 31.3 Å². The van der Waals surface area contributed by atoms with E-state index in [2.05, 4.69) is 25.7 Å². The first-order valence-corrected chi connectivity index (χ1v) is 7.55. The number of amides is 1. The third-order valence-electron chi connectivity index (χ3n) is 3.33. The molecule has 7 heteroatoms. The highest BCUT2D eigenvalue weighted by Crippen LogP contribution is 2.20. The van der Waals surface area contributed by atoms with Crippen molar-refractivity contribution in [2.45, 2.75) is 19.9 Å². The van der Waals surface area contributed by atoms with Crippen molar-refractivity contribution in [1.82, 2.24) is 20.4 Å². The van der Waals surface area contributed by atoms with Crippen LogP contribution < -0.4 is 10.6 Å². The monoisotopic (exact) mass is 317 g/mol. The molecule has 0 saturated heterocycles. The van der Waals surface area contributed by atoms with Crippen molar-refractivity contribution in [2.24, 2.45) is 0 Å². The molecule has 7 nitrogen and oxygen atoms in total. The third-order valence-corrected chi connectivity index (χ3v) is 3.33. The van der Waals surface area contributed by atoms with E-state index in [0.29, 0.717) is 11.8 Å². The van der Waals surface area contributed by atoms with Gasteiger partial charge in [-0.2, -0.15) is 0 Å². The van der Waals surface area contributed by atoms with Crippen LogP contribution in [0.25, 0.3) is 11.5 Å². The van der Waals surface area contributed by atoms with Crippen LogP contribution in [0.3, 0.4) is 0 Å². The van der Waals surface area contributed by atoms with Crippen LogP contribution in [0.2, 0.25) is 0 Å². The van der Waals surface area contributed by atoms with Gasteiger partial charge in [0.25, 0.3) is 0 Å². The van der Waals surface area contributed by atoms with Gasteiger partial charge in [0.2, 0.25) is 17.7 Å². The molecule has 1 unspecified atom stereocenters. The van der Waals surface area contributed by atoms with E-state index in [9.17, 15) is 4.79 Å². The SMILES string of the molecule is Cc1nnc(-c2ccc(NC(=O)C(C)NCCN(C)C)cc2)o1. The summed E-state index contributed by atoms with van der Waals surface area (Å²) in [6.07, 6.45) is 0. The van der Waals surface area contributed by atoms with Crippen molar-refractivity contribution >= 4 is 11.6 Å². The molecule has 0 aliphatic rings. The van der Waals surface area contributed by atoms with Crippen LogP contribution in [-0.4, -0.2) is 54.2 Å². The highest BCUT2D eigenvalue weighted by atomic mass is 16.4. The molecular weight excluding hydrogens is 294 g/mol. The molecule has 0 aliphatic carbocycles.